The third kappa shape index (κ3) is 2.74. The number of pyridine rings is 1. The Morgan fingerprint density at radius 3 is 2.78 bits per heavy atom. The van der Waals surface area contributed by atoms with Gasteiger partial charge in [0.05, 0.1) is 0 Å². The van der Waals surface area contributed by atoms with Gasteiger partial charge < -0.3 is 5.32 Å². The molecule has 0 aliphatic carbocycles. The minimum Gasteiger partial charge on any atom is -0.313 e. The highest BCUT2D eigenvalue weighted by Crippen LogP contribution is 2.26. The molecular formula is C15H17FN2. The van der Waals surface area contributed by atoms with E-state index in [2.05, 4.69) is 17.2 Å². The fourth-order valence-electron chi connectivity index (χ4n) is 1.93. The maximum atomic E-state index is 13.9. The lowest BCUT2D eigenvalue weighted by Gasteiger charge is -2.09. The fourth-order valence-corrected chi connectivity index (χ4v) is 1.93. The molecule has 0 unspecified atom stereocenters. The topological polar surface area (TPSA) is 24.9 Å². The molecule has 0 spiro atoms. The first-order chi connectivity index (χ1) is 8.72. The van der Waals surface area contributed by atoms with Gasteiger partial charge in [0.25, 0.3) is 0 Å². The van der Waals surface area contributed by atoms with Crippen molar-refractivity contribution in [2.24, 2.45) is 0 Å². The van der Waals surface area contributed by atoms with Crippen molar-refractivity contribution in [2.75, 3.05) is 6.54 Å². The number of hydrogen-bond donors (Lipinski definition) is 1. The fraction of sp³-hybridized carbons (Fsp3) is 0.267. The molecule has 0 aliphatic heterocycles. The Morgan fingerprint density at radius 2 is 2.06 bits per heavy atom. The van der Waals surface area contributed by atoms with Gasteiger partial charge in [-0.2, -0.15) is 0 Å². The van der Waals surface area contributed by atoms with Crippen molar-refractivity contribution < 1.29 is 4.39 Å². The van der Waals surface area contributed by atoms with E-state index in [1.54, 1.807) is 12.4 Å². The minimum absolute atomic E-state index is 0.190. The van der Waals surface area contributed by atoms with Crippen LogP contribution in [-0.4, -0.2) is 11.5 Å². The van der Waals surface area contributed by atoms with Crippen LogP contribution in [0.2, 0.25) is 0 Å². The first-order valence-electron chi connectivity index (χ1n) is 6.12. The Hall–Kier alpha value is -1.74. The number of nitrogens with zero attached hydrogens (tertiary/aromatic N) is 1. The van der Waals surface area contributed by atoms with Crippen molar-refractivity contribution >= 4 is 0 Å². The zero-order valence-electron chi connectivity index (χ0n) is 10.7. The first-order valence-corrected chi connectivity index (χ1v) is 6.12. The Morgan fingerprint density at radius 1 is 1.22 bits per heavy atom. The molecule has 0 aliphatic rings. The van der Waals surface area contributed by atoms with Crippen molar-refractivity contribution in [2.45, 2.75) is 20.4 Å². The standard InChI is InChI=1S/C15H17FN2/c1-3-17-10-12-4-5-15(16)14(8-12)13-6-7-18-9-11(13)2/h4-9,17H,3,10H2,1-2H3. The third-order valence-electron chi connectivity index (χ3n) is 2.92. The maximum absolute atomic E-state index is 13.9. The van der Waals surface area contributed by atoms with Crippen LogP contribution < -0.4 is 5.32 Å². The molecule has 2 aromatic rings. The van der Waals surface area contributed by atoms with Crippen LogP contribution in [-0.2, 0) is 6.54 Å². The maximum Gasteiger partial charge on any atom is 0.131 e. The largest absolute Gasteiger partial charge is 0.313 e. The van der Waals surface area contributed by atoms with Gasteiger partial charge in [0, 0.05) is 24.5 Å². The zero-order chi connectivity index (χ0) is 13.0. The Kier molecular flexibility index (Phi) is 4.05. The number of rotatable bonds is 4. The van der Waals surface area contributed by atoms with Crippen molar-refractivity contribution in [3.8, 4) is 11.1 Å². The number of hydrogen-bond acceptors (Lipinski definition) is 2. The van der Waals surface area contributed by atoms with Crippen molar-refractivity contribution in [1.29, 1.82) is 0 Å². The molecule has 1 heterocycles. The van der Waals surface area contributed by atoms with E-state index >= 15 is 0 Å². The SMILES string of the molecule is CCNCc1ccc(F)c(-c2ccncc2C)c1. The van der Waals surface area contributed by atoms with Crippen LogP contribution in [0.1, 0.15) is 18.1 Å². The molecule has 0 fully saturated rings. The molecule has 0 saturated heterocycles. The normalized spacial score (nSPS) is 10.6. The second-order valence-electron chi connectivity index (χ2n) is 4.29. The number of benzene rings is 1. The van der Waals surface area contributed by atoms with Crippen LogP contribution in [0.3, 0.4) is 0 Å². The van der Waals surface area contributed by atoms with Crippen LogP contribution in [0.5, 0.6) is 0 Å². The quantitative estimate of drug-likeness (QED) is 0.892. The molecule has 0 bridgehead atoms. The summed E-state index contributed by atoms with van der Waals surface area (Å²) in [5.41, 5.74) is 3.62. The summed E-state index contributed by atoms with van der Waals surface area (Å²) in [7, 11) is 0. The van der Waals surface area contributed by atoms with Gasteiger partial charge in [-0.25, -0.2) is 4.39 Å². The second-order valence-corrected chi connectivity index (χ2v) is 4.29. The van der Waals surface area contributed by atoms with E-state index in [9.17, 15) is 4.39 Å². The van der Waals surface area contributed by atoms with Gasteiger partial charge in [-0.1, -0.05) is 13.0 Å². The number of halogens is 1. The Balaban J connectivity index is 2.40. The summed E-state index contributed by atoms with van der Waals surface area (Å²) in [6.45, 7) is 5.66. The van der Waals surface area contributed by atoms with Crippen LogP contribution >= 0.6 is 0 Å². The van der Waals surface area contributed by atoms with Crippen molar-refractivity contribution in [3.63, 3.8) is 0 Å². The highest BCUT2D eigenvalue weighted by molar-refractivity contribution is 5.67. The van der Waals surface area contributed by atoms with Gasteiger partial charge in [-0.05, 0) is 48.4 Å². The lowest BCUT2D eigenvalue weighted by Crippen LogP contribution is -2.11. The molecule has 94 valence electrons. The monoisotopic (exact) mass is 244 g/mol. The van der Waals surface area contributed by atoms with Crippen LogP contribution in [0.15, 0.2) is 36.7 Å². The van der Waals surface area contributed by atoms with E-state index < -0.39 is 0 Å². The summed E-state index contributed by atoms with van der Waals surface area (Å²) in [5.74, 6) is -0.190. The lowest BCUT2D eigenvalue weighted by atomic mass is 10.00. The summed E-state index contributed by atoms with van der Waals surface area (Å²) in [4.78, 5) is 4.04. The zero-order valence-corrected chi connectivity index (χ0v) is 10.7. The summed E-state index contributed by atoms with van der Waals surface area (Å²) < 4.78 is 13.9. The van der Waals surface area contributed by atoms with E-state index in [0.29, 0.717) is 5.56 Å². The summed E-state index contributed by atoms with van der Waals surface area (Å²) in [6, 6.07) is 7.10. The van der Waals surface area contributed by atoms with Gasteiger partial charge in [-0.3, -0.25) is 4.98 Å². The molecule has 1 aromatic heterocycles. The Bertz CT molecular complexity index is 538. The predicted octanol–water partition coefficient (Wildman–Crippen LogP) is 3.31. The number of aromatic nitrogens is 1. The average Bonchev–Trinajstić information content (AvgIpc) is 2.39. The molecule has 3 heteroatoms. The third-order valence-corrected chi connectivity index (χ3v) is 2.92. The summed E-state index contributed by atoms with van der Waals surface area (Å²) in [6.07, 6.45) is 3.45. The van der Waals surface area contributed by atoms with Crippen LogP contribution in [0.4, 0.5) is 4.39 Å². The molecule has 1 N–H and O–H groups in total. The van der Waals surface area contributed by atoms with E-state index in [4.69, 9.17) is 0 Å². The van der Waals surface area contributed by atoms with E-state index in [-0.39, 0.29) is 5.82 Å². The molecule has 0 radical (unpaired) electrons. The van der Waals surface area contributed by atoms with Crippen LogP contribution in [0, 0.1) is 12.7 Å². The average molecular weight is 244 g/mol. The lowest BCUT2D eigenvalue weighted by molar-refractivity contribution is 0.629. The second kappa shape index (κ2) is 5.74. The van der Waals surface area contributed by atoms with E-state index in [1.807, 2.05) is 25.1 Å². The molecule has 0 saturated carbocycles. The van der Waals surface area contributed by atoms with Crippen molar-refractivity contribution in [3.05, 3.63) is 53.6 Å². The van der Waals surface area contributed by atoms with E-state index in [0.717, 1.165) is 29.8 Å². The minimum atomic E-state index is -0.190. The molecule has 0 atom stereocenters. The molecule has 18 heavy (non-hydrogen) atoms. The molecule has 1 aromatic carbocycles. The van der Waals surface area contributed by atoms with Gasteiger partial charge in [0.15, 0.2) is 0 Å². The highest BCUT2D eigenvalue weighted by Gasteiger charge is 2.08. The molecule has 2 rings (SSSR count). The van der Waals surface area contributed by atoms with Crippen molar-refractivity contribution in [1.82, 2.24) is 10.3 Å². The number of nitrogens with one attached hydrogen (secondary N) is 1. The molecule has 0 amide bonds. The Labute approximate surface area is 107 Å². The van der Waals surface area contributed by atoms with Gasteiger partial charge in [-0.15, -0.1) is 0 Å². The molecule has 2 nitrogen and oxygen atoms in total. The molecular weight excluding hydrogens is 227 g/mol. The predicted molar refractivity (Wildman–Crippen MR) is 71.7 cm³/mol. The van der Waals surface area contributed by atoms with E-state index in [1.165, 1.54) is 6.07 Å². The first kappa shape index (κ1) is 12.7. The summed E-state index contributed by atoms with van der Waals surface area (Å²) >= 11 is 0. The van der Waals surface area contributed by atoms with Gasteiger partial charge >= 0.3 is 0 Å². The van der Waals surface area contributed by atoms with Gasteiger partial charge in [0.2, 0.25) is 0 Å². The summed E-state index contributed by atoms with van der Waals surface area (Å²) in [5, 5.41) is 3.24. The van der Waals surface area contributed by atoms with Crippen LogP contribution in [0.25, 0.3) is 11.1 Å². The highest BCUT2D eigenvalue weighted by atomic mass is 19.1. The van der Waals surface area contributed by atoms with Gasteiger partial charge in [0.1, 0.15) is 5.82 Å². The number of aryl methyl sites for hydroxylation is 1. The smallest absolute Gasteiger partial charge is 0.131 e.